The van der Waals surface area contributed by atoms with Crippen molar-refractivity contribution >= 4 is 11.8 Å². The quantitative estimate of drug-likeness (QED) is 0.665. The number of hydrogen-bond donors (Lipinski definition) is 3. The molecule has 2 fully saturated rings. The highest BCUT2D eigenvalue weighted by Crippen LogP contribution is 2.56. The van der Waals surface area contributed by atoms with Crippen LogP contribution in [0.4, 0.5) is 0 Å². The molecule has 7 atom stereocenters. The minimum Gasteiger partial charge on any atom is -0.479 e. The van der Waals surface area contributed by atoms with E-state index in [1.54, 1.807) is 13.0 Å². The lowest BCUT2D eigenvalue weighted by Gasteiger charge is -2.51. The third kappa shape index (κ3) is 2.93. The highest BCUT2D eigenvalue weighted by atomic mass is 16.4. The number of fused-ring (bicyclic) bond motifs is 3. The Balaban J connectivity index is 1.98. The smallest absolute Gasteiger partial charge is 0.336 e. The lowest BCUT2D eigenvalue weighted by atomic mass is 9.54. The number of allylic oxidation sites excluding steroid dienone is 2. The SMILES string of the molecule is CC1CCC2CCC3=CC(=O)CCC3(C)C2C(O)CC(C)C1(O)C(=O)O. The summed E-state index contributed by atoms with van der Waals surface area (Å²) in [5.74, 6) is -1.60. The zero-order valence-corrected chi connectivity index (χ0v) is 16.1. The first-order valence-corrected chi connectivity index (χ1v) is 9.98. The van der Waals surface area contributed by atoms with Crippen molar-refractivity contribution in [2.45, 2.75) is 77.4 Å². The molecule has 0 spiro atoms. The molecule has 0 bridgehead atoms. The van der Waals surface area contributed by atoms with Gasteiger partial charge < -0.3 is 15.3 Å². The van der Waals surface area contributed by atoms with Gasteiger partial charge in [-0.15, -0.1) is 0 Å². The van der Waals surface area contributed by atoms with Gasteiger partial charge in [0, 0.05) is 6.42 Å². The lowest BCUT2D eigenvalue weighted by Crippen LogP contribution is -2.51. The second kappa shape index (κ2) is 6.75. The van der Waals surface area contributed by atoms with Gasteiger partial charge in [-0.2, -0.15) is 0 Å². The van der Waals surface area contributed by atoms with E-state index in [1.807, 2.05) is 6.92 Å². The molecule has 0 aromatic carbocycles. The number of hydrogen-bond acceptors (Lipinski definition) is 4. The molecule has 5 heteroatoms. The number of carboxylic acid groups (broad SMARTS) is 1. The maximum absolute atomic E-state index is 11.9. The topological polar surface area (TPSA) is 94.8 Å². The molecule has 3 aliphatic carbocycles. The third-order valence-corrected chi connectivity index (χ3v) is 7.81. The number of carbonyl (C=O) groups is 2. The van der Waals surface area contributed by atoms with Crippen molar-refractivity contribution in [3.8, 4) is 0 Å². The number of carboxylic acids is 1. The number of ketones is 1. The summed E-state index contributed by atoms with van der Waals surface area (Å²) >= 11 is 0. The van der Waals surface area contributed by atoms with Crippen LogP contribution in [0.5, 0.6) is 0 Å². The van der Waals surface area contributed by atoms with E-state index in [4.69, 9.17) is 0 Å². The Bertz CT molecular complexity index is 626. The van der Waals surface area contributed by atoms with E-state index in [0.29, 0.717) is 18.8 Å². The van der Waals surface area contributed by atoms with Crippen molar-refractivity contribution in [2.24, 2.45) is 29.1 Å². The van der Waals surface area contributed by atoms with Crippen LogP contribution >= 0.6 is 0 Å². The maximum atomic E-state index is 11.9. The average Bonchev–Trinajstić information content (AvgIpc) is 2.60. The molecule has 2 saturated carbocycles. The summed E-state index contributed by atoms with van der Waals surface area (Å²) in [6.45, 7) is 5.72. The predicted molar refractivity (Wildman–Crippen MR) is 97.4 cm³/mol. The molecule has 5 nitrogen and oxygen atoms in total. The van der Waals surface area contributed by atoms with Gasteiger partial charge >= 0.3 is 5.97 Å². The van der Waals surface area contributed by atoms with Crippen molar-refractivity contribution < 1.29 is 24.9 Å². The summed E-state index contributed by atoms with van der Waals surface area (Å²) in [6, 6.07) is 0. The minimum atomic E-state index is -1.81. The number of carbonyl (C=O) groups excluding carboxylic acids is 1. The van der Waals surface area contributed by atoms with Gasteiger partial charge in [-0.25, -0.2) is 4.79 Å². The molecule has 146 valence electrons. The van der Waals surface area contributed by atoms with Gasteiger partial charge in [-0.05, 0) is 73.7 Å². The summed E-state index contributed by atoms with van der Waals surface area (Å²) in [4.78, 5) is 23.7. The van der Waals surface area contributed by atoms with Gasteiger partial charge in [-0.1, -0.05) is 26.3 Å². The Kier molecular flexibility index (Phi) is 5.08. The Morgan fingerprint density at radius 1 is 1.15 bits per heavy atom. The summed E-state index contributed by atoms with van der Waals surface area (Å²) < 4.78 is 0. The van der Waals surface area contributed by atoms with Crippen LogP contribution in [0.25, 0.3) is 0 Å². The molecule has 0 saturated heterocycles. The van der Waals surface area contributed by atoms with Crippen LogP contribution in [0.1, 0.15) is 65.7 Å². The van der Waals surface area contributed by atoms with Gasteiger partial charge in [0.1, 0.15) is 0 Å². The molecule has 7 unspecified atom stereocenters. The minimum absolute atomic E-state index is 0.0152. The van der Waals surface area contributed by atoms with Gasteiger partial charge in [0.25, 0.3) is 0 Å². The summed E-state index contributed by atoms with van der Waals surface area (Å²) in [5.41, 5.74) is -0.857. The number of aliphatic carboxylic acids is 1. The van der Waals surface area contributed by atoms with Gasteiger partial charge in [-0.3, -0.25) is 4.79 Å². The van der Waals surface area contributed by atoms with E-state index in [-0.39, 0.29) is 29.5 Å². The van der Waals surface area contributed by atoms with Crippen molar-refractivity contribution in [3.05, 3.63) is 11.6 Å². The van der Waals surface area contributed by atoms with E-state index in [1.165, 1.54) is 0 Å². The highest BCUT2D eigenvalue weighted by Gasteiger charge is 2.54. The fourth-order valence-electron chi connectivity index (χ4n) is 6.10. The van der Waals surface area contributed by atoms with Crippen molar-refractivity contribution in [3.63, 3.8) is 0 Å². The molecule has 0 aromatic heterocycles. The van der Waals surface area contributed by atoms with Crippen LogP contribution in [-0.4, -0.2) is 38.8 Å². The normalized spacial score (nSPS) is 46.9. The van der Waals surface area contributed by atoms with Crippen LogP contribution in [0.2, 0.25) is 0 Å². The summed E-state index contributed by atoms with van der Waals surface area (Å²) in [6.07, 6.45) is 5.89. The first kappa shape index (κ1) is 19.6. The molecule has 0 aromatic rings. The number of aliphatic hydroxyl groups is 2. The molecule has 0 heterocycles. The maximum Gasteiger partial charge on any atom is 0.336 e. The molecule has 3 N–H and O–H groups in total. The van der Waals surface area contributed by atoms with Crippen molar-refractivity contribution in [2.75, 3.05) is 0 Å². The van der Waals surface area contributed by atoms with E-state index in [0.717, 1.165) is 31.3 Å². The Morgan fingerprint density at radius 2 is 1.85 bits per heavy atom. The van der Waals surface area contributed by atoms with Crippen LogP contribution in [0.3, 0.4) is 0 Å². The molecular formula is C21H32O5. The molecule has 0 aliphatic heterocycles. The standard InChI is InChI=1S/C21H32O5/c1-12-4-5-14-6-7-15-11-16(22)8-9-20(15,3)18(14)17(23)10-13(2)21(12,26)19(24)25/h11-14,17-18,23,26H,4-10H2,1-3H3,(H,24,25). The second-order valence-corrected chi connectivity index (χ2v) is 9.19. The fourth-order valence-corrected chi connectivity index (χ4v) is 6.10. The second-order valence-electron chi connectivity index (χ2n) is 9.19. The summed E-state index contributed by atoms with van der Waals surface area (Å²) in [5, 5.41) is 31.8. The van der Waals surface area contributed by atoms with Crippen LogP contribution in [0.15, 0.2) is 11.6 Å². The zero-order valence-electron chi connectivity index (χ0n) is 16.1. The van der Waals surface area contributed by atoms with Crippen molar-refractivity contribution in [1.29, 1.82) is 0 Å². The highest BCUT2D eigenvalue weighted by molar-refractivity contribution is 5.91. The van der Waals surface area contributed by atoms with Crippen LogP contribution in [0, 0.1) is 29.1 Å². The monoisotopic (exact) mass is 364 g/mol. The van der Waals surface area contributed by atoms with E-state index in [2.05, 4.69) is 6.92 Å². The Labute approximate surface area is 155 Å². The van der Waals surface area contributed by atoms with Crippen LogP contribution < -0.4 is 0 Å². The molecule has 3 rings (SSSR count). The third-order valence-electron chi connectivity index (χ3n) is 7.81. The fraction of sp³-hybridized carbons (Fsp3) is 0.810. The first-order valence-electron chi connectivity index (χ1n) is 9.98. The average molecular weight is 364 g/mol. The Hall–Kier alpha value is -1.20. The molecule has 0 amide bonds. The van der Waals surface area contributed by atoms with Gasteiger partial charge in [0.15, 0.2) is 11.4 Å². The number of rotatable bonds is 1. The predicted octanol–water partition coefficient (Wildman–Crippen LogP) is 2.94. The van der Waals surface area contributed by atoms with Gasteiger partial charge in [0.05, 0.1) is 6.10 Å². The van der Waals surface area contributed by atoms with Crippen LogP contribution in [-0.2, 0) is 9.59 Å². The molecule has 0 radical (unpaired) electrons. The van der Waals surface area contributed by atoms with E-state index in [9.17, 15) is 24.9 Å². The molecular weight excluding hydrogens is 332 g/mol. The zero-order chi connectivity index (χ0) is 19.3. The van der Waals surface area contributed by atoms with E-state index < -0.39 is 23.6 Å². The largest absolute Gasteiger partial charge is 0.479 e. The lowest BCUT2D eigenvalue weighted by molar-refractivity contribution is -0.174. The summed E-state index contributed by atoms with van der Waals surface area (Å²) in [7, 11) is 0. The van der Waals surface area contributed by atoms with Crippen molar-refractivity contribution in [1.82, 2.24) is 0 Å². The first-order chi connectivity index (χ1) is 12.1. The number of aliphatic hydroxyl groups excluding tert-OH is 1. The van der Waals surface area contributed by atoms with E-state index >= 15 is 0 Å². The molecule has 3 aliphatic rings. The van der Waals surface area contributed by atoms with Gasteiger partial charge in [0.2, 0.25) is 0 Å². The molecule has 26 heavy (non-hydrogen) atoms. The Morgan fingerprint density at radius 3 is 2.50 bits per heavy atom.